The van der Waals surface area contributed by atoms with E-state index in [1.807, 2.05) is 0 Å². The van der Waals surface area contributed by atoms with E-state index in [0.29, 0.717) is 23.9 Å². The first-order valence-corrected chi connectivity index (χ1v) is 4.21. The quantitative estimate of drug-likeness (QED) is 0.643. The number of rotatable bonds is 3. The summed E-state index contributed by atoms with van der Waals surface area (Å²) in [5.74, 6) is 1.30. The lowest BCUT2D eigenvalue weighted by molar-refractivity contribution is 0.0971. The van der Waals surface area contributed by atoms with Crippen LogP contribution in [0.5, 0.6) is 0 Å². The Kier molecular flexibility index (Phi) is 1.71. The summed E-state index contributed by atoms with van der Waals surface area (Å²) in [7, 11) is 0. The van der Waals surface area contributed by atoms with Crippen LogP contribution in [0.4, 0.5) is 0 Å². The highest BCUT2D eigenvalue weighted by molar-refractivity contribution is 5.94. The van der Waals surface area contributed by atoms with E-state index in [4.69, 9.17) is 4.42 Å². The summed E-state index contributed by atoms with van der Waals surface area (Å²) in [6, 6.07) is 0. The van der Waals surface area contributed by atoms with Crippen LogP contribution < -0.4 is 0 Å². The third-order valence-corrected chi connectivity index (χ3v) is 2.08. The molecule has 12 heavy (non-hydrogen) atoms. The predicted octanol–water partition coefficient (Wildman–Crippen LogP) is 1.97. The zero-order chi connectivity index (χ0) is 8.55. The Balaban J connectivity index is 2.03. The highest BCUT2D eigenvalue weighted by Gasteiger charge is 2.25. The normalized spacial score (nSPS) is 16.4. The minimum absolute atomic E-state index is 0.120. The van der Waals surface area contributed by atoms with Gasteiger partial charge in [-0.1, -0.05) is 0 Å². The van der Waals surface area contributed by atoms with Gasteiger partial charge in [0, 0.05) is 13.3 Å². The van der Waals surface area contributed by atoms with Crippen LogP contribution in [-0.2, 0) is 0 Å². The number of carbonyl (C=O) groups is 1. The van der Waals surface area contributed by atoms with E-state index in [0.717, 1.165) is 0 Å². The zero-order valence-electron chi connectivity index (χ0n) is 7.04. The van der Waals surface area contributed by atoms with Gasteiger partial charge in [-0.2, -0.15) is 0 Å². The standard InChI is InChI=1S/C9H11NO2/c1-6-10-8(5-12-6)9(11)4-7-2-3-7/h5,7H,2-4H2,1H3. The Hall–Kier alpha value is -1.12. The Morgan fingerprint density at radius 1 is 1.75 bits per heavy atom. The number of carbonyl (C=O) groups excluding carboxylic acids is 1. The van der Waals surface area contributed by atoms with E-state index in [1.54, 1.807) is 6.92 Å². The fraction of sp³-hybridized carbons (Fsp3) is 0.556. The average Bonchev–Trinajstić information content (AvgIpc) is 2.72. The number of Topliss-reactive ketones (excluding diaryl/α,β-unsaturated/α-hetero) is 1. The highest BCUT2D eigenvalue weighted by atomic mass is 16.3. The highest BCUT2D eigenvalue weighted by Crippen LogP contribution is 2.33. The van der Waals surface area contributed by atoms with Crippen molar-refractivity contribution in [3.63, 3.8) is 0 Å². The SMILES string of the molecule is Cc1nc(C(=O)CC2CC2)co1. The van der Waals surface area contributed by atoms with Gasteiger partial charge < -0.3 is 4.42 Å². The minimum atomic E-state index is 0.120. The van der Waals surface area contributed by atoms with E-state index in [-0.39, 0.29) is 5.78 Å². The smallest absolute Gasteiger partial charge is 0.191 e. The number of aryl methyl sites for hydroxylation is 1. The summed E-state index contributed by atoms with van der Waals surface area (Å²) in [6.07, 6.45) is 4.48. The van der Waals surface area contributed by atoms with Gasteiger partial charge in [0.05, 0.1) is 0 Å². The van der Waals surface area contributed by atoms with Gasteiger partial charge >= 0.3 is 0 Å². The second-order valence-electron chi connectivity index (χ2n) is 3.32. The molecule has 1 heterocycles. The van der Waals surface area contributed by atoms with Gasteiger partial charge in [-0.15, -0.1) is 0 Å². The van der Waals surface area contributed by atoms with Crippen LogP contribution in [0.25, 0.3) is 0 Å². The molecule has 0 radical (unpaired) electrons. The van der Waals surface area contributed by atoms with E-state index in [1.165, 1.54) is 19.1 Å². The molecule has 0 unspecified atom stereocenters. The molecule has 0 atom stereocenters. The molecule has 3 heteroatoms. The fourth-order valence-electron chi connectivity index (χ4n) is 1.18. The summed E-state index contributed by atoms with van der Waals surface area (Å²) in [4.78, 5) is 15.4. The van der Waals surface area contributed by atoms with Crippen molar-refractivity contribution in [1.82, 2.24) is 4.98 Å². The molecule has 64 valence electrons. The summed E-state index contributed by atoms with van der Waals surface area (Å²) in [6.45, 7) is 1.74. The van der Waals surface area contributed by atoms with Gasteiger partial charge in [-0.05, 0) is 18.8 Å². The molecule has 0 amide bonds. The molecule has 1 fully saturated rings. The monoisotopic (exact) mass is 165 g/mol. The van der Waals surface area contributed by atoms with Crippen LogP contribution in [0.3, 0.4) is 0 Å². The molecule has 1 aliphatic rings. The summed E-state index contributed by atoms with van der Waals surface area (Å²) in [5, 5.41) is 0. The molecule has 1 aromatic heterocycles. The van der Waals surface area contributed by atoms with Crippen molar-refractivity contribution >= 4 is 5.78 Å². The molecule has 0 aliphatic heterocycles. The Bertz CT molecular complexity index is 299. The maximum Gasteiger partial charge on any atom is 0.191 e. The van der Waals surface area contributed by atoms with Crippen LogP contribution in [0, 0.1) is 12.8 Å². The van der Waals surface area contributed by atoms with Gasteiger partial charge in [-0.3, -0.25) is 4.79 Å². The van der Waals surface area contributed by atoms with Gasteiger partial charge in [0.1, 0.15) is 12.0 Å². The molecule has 1 aromatic rings. The molecule has 2 rings (SSSR count). The first-order valence-electron chi connectivity index (χ1n) is 4.21. The summed E-state index contributed by atoms with van der Waals surface area (Å²) >= 11 is 0. The number of ketones is 1. The van der Waals surface area contributed by atoms with Crippen molar-refractivity contribution in [1.29, 1.82) is 0 Å². The summed E-state index contributed by atoms with van der Waals surface area (Å²) < 4.78 is 4.96. The van der Waals surface area contributed by atoms with Crippen LogP contribution >= 0.6 is 0 Å². The lowest BCUT2D eigenvalue weighted by Gasteiger charge is -1.90. The van der Waals surface area contributed by atoms with Crippen molar-refractivity contribution in [2.24, 2.45) is 5.92 Å². The zero-order valence-corrected chi connectivity index (χ0v) is 7.04. The molecule has 0 N–H and O–H groups in total. The molecular weight excluding hydrogens is 154 g/mol. The second-order valence-corrected chi connectivity index (χ2v) is 3.32. The van der Waals surface area contributed by atoms with Crippen LogP contribution in [0.2, 0.25) is 0 Å². The number of hydrogen-bond acceptors (Lipinski definition) is 3. The second kappa shape index (κ2) is 2.73. The van der Waals surface area contributed by atoms with Crippen molar-refractivity contribution in [2.75, 3.05) is 0 Å². The van der Waals surface area contributed by atoms with Crippen molar-refractivity contribution < 1.29 is 9.21 Å². The molecule has 1 saturated carbocycles. The maximum atomic E-state index is 11.4. The van der Waals surface area contributed by atoms with E-state index in [9.17, 15) is 4.79 Å². The van der Waals surface area contributed by atoms with Crippen LogP contribution in [-0.4, -0.2) is 10.8 Å². The van der Waals surface area contributed by atoms with Crippen LogP contribution in [0.1, 0.15) is 35.6 Å². The molecule has 0 aromatic carbocycles. The Labute approximate surface area is 70.8 Å². The van der Waals surface area contributed by atoms with Gasteiger partial charge in [-0.25, -0.2) is 4.98 Å². The lowest BCUT2D eigenvalue weighted by atomic mass is 10.2. The fourth-order valence-corrected chi connectivity index (χ4v) is 1.18. The van der Waals surface area contributed by atoms with Gasteiger partial charge in [0.25, 0.3) is 0 Å². The first-order chi connectivity index (χ1) is 5.75. The number of aromatic nitrogens is 1. The third kappa shape index (κ3) is 1.55. The summed E-state index contributed by atoms with van der Waals surface area (Å²) in [5.41, 5.74) is 0.486. The molecule has 0 saturated heterocycles. The van der Waals surface area contributed by atoms with Crippen molar-refractivity contribution in [3.05, 3.63) is 17.8 Å². The molecular formula is C9H11NO2. The Morgan fingerprint density at radius 3 is 3.00 bits per heavy atom. The first kappa shape index (κ1) is 7.53. The topological polar surface area (TPSA) is 43.1 Å². The lowest BCUT2D eigenvalue weighted by Crippen LogP contribution is -2.00. The molecule has 3 nitrogen and oxygen atoms in total. The Morgan fingerprint density at radius 2 is 2.50 bits per heavy atom. The van der Waals surface area contributed by atoms with Crippen LogP contribution in [0.15, 0.2) is 10.7 Å². The minimum Gasteiger partial charge on any atom is -0.449 e. The number of hydrogen-bond donors (Lipinski definition) is 0. The maximum absolute atomic E-state index is 11.4. The van der Waals surface area contributed by atoms with E-state index < -0.39 is 0 Å². The van der Waals surface area contributed by atoms with Crippen molar-refractivity contribution in [2.45, 2.75) is 26.2 Å². The van der Waals surface area contributed by atoms with Gasteiger partial charge in [0.15, 0.2) is 11.7 Å². The third-order valence-electron chi connectivity index (χ3n) is 2.08. The van der Waals surface area contributed by atoms with Crippen molar-refractivity contribution in [3.8, 4) is 0 Å². The number of oxazole rings is 1. The molecule has 0 bridgehead atoms. The van der Waals surface area contributed by atoms with E-state index >= 15 is 0 Å². The largest absolute Gasteiger partial charge is 0.449 e. The number of nitrogens with zero attached hydrogens (tertiary/aromatic N) is 1. The van der Waals surface area contributed by atoms with Gasteiger partial charge in [0.2, 0.25) is 0 Å². The molecule has 0 spiro atoms. The van der Waals surface area contributed by atoms with E-state index in [2.05, 4.69) is 4.98 Å². The molecule has 1 aliphatic carbocycles. The predicted molar refractivity (Wildman–Crippen MR) is 42.9 cm³/mol. The average molecular weight is 165 g/mol.